The number of nitrogens with zero attached hydrogens (tertiary/aromatic N) is 2. The number of benzene rings is 1. The number of rotatable bonds is 6. The molecule has 1 aliphatic heterocycles. The van der Waals surface area contributed by atoms with Crippen LogP contribution in [0.3, 0.4) is 0 Å². The Morgan fingerprint density at radius 1 is 1.52 bits per heavy atom. The zero-order valence-corrected chi connectivity index (χ0v) is 13.3. The molecule has 23 heavy (non-hydrogen) atoms. The summed E-state index contributed by atoms with van der Waals surface area (Å²) in [6.07, 6.45) is 2.17. The quantitative estimate of drug-likeness (QED) is 0.868. The molecule has 0 aliphatic carbocycles. The first-order valence-electron chi connectivity index (χ1n) is 7.82. The fourth-order valence-electron chi connectivity index (χ4n) is 2.87. The van der Waals surface area contributed by atoms with Crippen molar-refractivity contribution in [1.29, 1.82) is 5.26 Å². The maximum absolute atomic E-state index is 13.4. The van der Waals surface area contributed by atoms with Crippen LogP contribution in [0.5, 0.6) is 0 Å². The molecule has 5 nitrogen and oxygen atoms in total. The van der Waals surface area contributed by atoms with Crippen molar-refractivity contribution in [3.8, 4) is 6.07 Å². The van der Waals surface area contributed by atoms with Gasteiger partial charge in [0, 0.05) is 32.3 Å². The average Bonchev–Trinajstić information content (AvgIpc) is 2.57. The topological polar surface area (TPSA) is 65.4 Å². The molecule has 1 aromatic rings. The van der Waals surface area contributed by atoms with Crippen molar-refractivity contribution in [2.24, 2.45) is 5.92 Å². The van der Waals surface area contributed by atoms with E-state index < -0.39 is 5.82 Å². The second-order valence-electron chi connectivity index (χ2n) is 5.85. The van der Waals surface area contributed by atoms with Gasteiger partial charge in [0.2, 0.25) is 0 Å². The van der Waals surface area contributed by atoms with Gasteiger partial charge in [-0.05, 0) is 43.5 Å². The molecule has 0 spiro atoms. The minimum atomic E-state index is -0.572. The van der Waals surface area contributed by atoms with Crippen molar-refractivity contribution in [3.05, 3.63) is 35.1 Å². The number of hydrogen-bond acceptors (Lipinski definition) is 4. The van der Waals surface area contributed by atoms with Gasteiger partial charge < -0.3 is 15.0 Å². The monoisotopic (exact) mass is 319 g/mol. The van der Waals surface area contributed by atoms with Gasteiger partial charge in [0.15, 0.2) is 0 Å². The van der Waals surface area contributed by atoms with Crippen molar-refractivity contribution >= 4 is 5.91 Å². The maximum Gasteiger partial charge on any atom is 0.251 e. The van der Waals surface area contributed by atoms with E-state index in [1.54, 1.807) is 7.11 Å². The smallest absolute Gasteiger partial charge is 0.251 e. The standard InChI is InChI=1S/C17H22FN3O2/c1-23-6-5-21-4-2-3-13(12-21)11-20-17(22)15-7-14(10-19)8-16(18)9-15/h7-9,13H,2-6,11-12H2,1H3,(H,20,22). The average molecular weight is 319 g/mol. The van der Waals surface area contributed by atoms with Gasteiger partial charge in [0.25, 0.3) is 5.91 Å². The summed E-state index contributed by atoms with van der Waals surface area (Å²) in [5.41, 5.74) is 0.340. The fraction of sp³-hybridized carbons (Fsp3) is 0.529. The van der Waals surface area contributed by atoms with Crippen LogP contribution in [0.25, 0.3) is 0 Å². The predicted octanol–water partition coefficient (Wildman–Crippen LogP) is 1.79. The second kappa shape index (κ2) is 8.61. The molecule has 1 atom stereocenters. The highest BCUT2D eigenvalue weighted by molar-refractivity contribution is 5.94. The zero-order valence-electron chi connectivity index (χ0n) is 13.3. The van der Waals surface area contributed by atoms with E-state index in [4.69, 9.17) is 10.00 Å². The number of halogens is 1. The van der Waals surface area contributed by atoms with Gasteiger partial charge in [0.1, 0.15) is 5.82 Å². The van der Waals surface area contributed by atoms with Crippen LogP contribution in [0.4, 0.5) is 4.39 Å². The van der Waals surface area contributed by atoms with E-state index >= 15 is 0 Å². The number of carbonyl (C=O) groups excluding carboxylic acids is 1. The second-order valence-corrected chi connectivity index (χ2v) is 5.85. The molecule has 6 heteroatoms. The van der Waals surface area contributed by atoms with Crippen LogP contribution < -0.4 is 5.32 Å². The number of nitriles is 1. The van der Waals surface area contributed by atoms with E-state index in [0.29, 0.717) is 19.1 Å². The number of ether oxygens (including phenoxy) is 1. The Labute approximate surface area is 136 Å². The summed E-state index contributed by atoms with van der Waals surface area (Å²) in [6.45, 7) is 4.15. The highest BCUT2D eigenvalue weighted by Crippen LogP contribution is 2.16. The molecule has 2 rings (SSSR count). The third-order valence-corrected chi connectivity index (χ3v) is 4.06. The number of nitrogens with one attached hydrogen (secondary N) is 1. The molecule has 0 bridgehead atoms. The van der Waals surface area contributed by atoms with E-state index in [9.17, 15) is 9.18 Å². The maximum atomic E-state index is 13.4. The molecule has 1 unspecified atom stereocenters. The lowest BCUT2D eigenvalue weighted by atomic mass is 9.98. The van der Waals surface area contributed by atoms with E-state index in [0.717, 1.165) is 44.6 Å². The summed E-state index contributed by atoms with van der Waals surface area (Å²) in [6, 6.07) is 5.53. The minimum absolute atomic E-state index is 0.151. The summed E-state index contributed by atoms with van der Waals surface area (Å²) in [5.74, 6) is -0.527. The van der Waals surface area contributed by atoms with Gasteiger partial charge in [-0.2, -0.15) is 5.26 Å². The molecule has 1 N–H and O–H groups in total. The van der Waals surface area contributed by atoms with Crippen LogP contribution in [0.1, 0.15) is 28.8 Å². The van der Waals surface area contributed by atoms with E-state index in [1.807, 2.05) is 6.07 Å². The molecular weight excluding hydrogens is 297 g/mol. The van der Waals surface area contributed by atoms with Crippen molar-refractivity contribution in [2.45, 2.75) is 12.8 Å². The normalized spacial score (nSPS) is 18.4. The summed E-state index contributed by atoms with van der Waals surface area (Å²) in [5, 5.41) is 11.7. The van der Waals surface area contributed by atoms with Gasteiger partial charge >= 0.3 is 0 Å². The molecule has 1 heterocycles. The van der Waals surface area contributed by atoms with Gasteiger partial charge in [0.05, 0.1) is 18.2 Å². The number of hydrogen-bond donors (Lipinski definition) is 1. The first-order chi connectivity index (χ1) is 11.1. The number of likely N-dealkylation sites (tertiary alicyclic amines) is 1. The van der Waals surface area contributed by atoms with Crippen LogP contribution >= 0.6 is 0 Å². The summed E-state index contributed by atoms with van der Waals surface area (Å²) in [4.78, 5) is 14.5. The summed E-state index contributed by atoms with van der Waals surface area (Å²) >= 11 is 0. The van der Waals surface area contributed by atoms with Crippen molar-refractivity contribution in [3.63, 3.8) is 0 Å². The lowest BCUT2D eigenvalue weighted by Gasteiger charge is -2.32. The number of piperidine rings is 1. The summed E-state index contributed by atoms with van der Waals surface area (Å²) in [7, 11) is 1.69. The largest absolute Gasteiger partial charge is 0.383 e. The first kappa shape index (κ1) is 17.4. The van der Waals surface area contributed by atoms with Crippen LogP contribution in [0.2, 0.25) is 0 Å². The molecule has 1 fully saturated rings. The molecule has 124 valence electrons. The molecule has 1 aliphatic rings. The zero-order chi connectivity index (χ0) is 16.7. The van der Waals surface area contributed by atoms with Crippen LogP contribution in [-0.4, -0.2) is 50.7 Å². The van der Waals surface area contributed by atoms with Crippen LogP contribution in [0, 0.1) is 23.1 Å². The Morgan fingerprint density at radius 3 is 3.09 bits per heavy atom. The fourth-order valence-corrected chi connectivity index (χ4v) is 2.87. The number of amides is 1. The molecule has 0 aromatic heterocycles. The van der Waals surface area contributed by atoms with Gasteiger partial charge in [-0.15, -0.1) is 0 Å². The summed E-state index contributed by atoms with van der Waals surface area (Å²) < 4.78 is 18.5. The van der Waals surface area contributed by atoms with Crippen LogP contribution in [-0.2, 0) is 4.74 Å². The Morgan fingerprint density at radius 2 is 2.35 bits per heavy atom. The van der Waals surface area contributed by atoms with Gasteiger partial charge in [-0.25, -0.2) is 4.39 Å². The van der Waals surface area contributed by atoms with E-state index in [2.05, 4.69) is 10.2 Å². The van der Waals surface area contributed by atoms with E-state index in [1.165, 1.54) is 6.07 Å². The predicted molar refractivity (Wildman–Crippen MR) is 84.5 cm³/mol. The van der Waals surface area contributed by atoms with Crippen LogP contribution in [0.15, 0.2) is 18.2 Å². The van der Waals surface area contributed by atoms with Crippen molar-refractivity contribution < 1.29 is 13.9 Å². The number of carbonyl (C=O) groups is 1. The Balaban J connectivity index is 1.86. The number of methoxy groups -OCH3 is 1. The molecule has 1 saturated heterocycles. The van der Waals surface area contributed by atoms with Gasteiger partial charge in [-0.3, -0.25) is 4.79 Å². The highest BCUT2D eigenvalue weighted by atomic mass is 19.1. The third kappa shape index (κ3) is 5.31. The van der Waals surface area contributed by atoms with Gasteiger partial charge in [-0.1, -0.05) is 0 Å². The highest BCUT2D eigenvalue weighted by Gasteiger charge is 2.20. The third-order valence-electron chi connectivity index (χ3n) is 4.06. The molecule has 0 saturated carbocycles. The Kier molecular flexibility index (Phi) is 6.51. The molecule has 1 amide bonds. The lowest BCUT2D eigenvalue weighted by molar-refractivity contribution is 0.0912. The lowest BCUT2D eigenvalue weighted by Crippen LogP contribution is -2.42. The Hall–Kier alpha value is -1.97. The molecule has 0 radical (unpaired) electrons. The van der Waals surface area contributed by atoms with Crippen molar-refractivity contribution in [2.75, 3.05) is 39.9 Å². The first-order valence-corrected chi connectivity index (χ1v) is 7.82. The molecular formula is C17H22FN3O2. The SMILES string of the molecule is COCCN1CCCC(CNC(=O)c2cc(F)cc(C#N)c2)C1. The minimum Gasteiger partial charge on any atom is -0.383 e. The Bertz CT molecular complexity index is 586. The van der Waals surface area contributed by atoms with Crippen molar-refractivity contribution in [1.82, 2.24) is 10.2 Å². The van der Waals surface area contributed by atoms with E-state index in [-0.39, 0.29) is 17.0 Å². The molecule has 1 aromatic carbocycles.